The number of benzene rings is 1. The van der Waals surface area contributed by atoms with Crippen molar-refractivity contribution >= 4 is 26.6 Å². The van der Waals surface area contributed by atoms with Gasteiger partial charge in [0.1, 0.15) is 11.2 Å². The Kier molecular flexibility index (Phi) is 6.83. The van der Waals surface area contributed by atoms with Gasteiger partial charge >= 0.3 is 0 Å². The molecule has 2 aliphatic heterocycles. The van der Waals surface area contributed by atoms with Crippen LogP contribution in [0.4, 0.5) is 5.82 Å². The number of fused-ring (bicyclic) bond motifs is 1. The Hall–Kier alpha value is -2.86. The van der Waals surface area contributed by atoms with E-state index < -0.39 is 9.84 Å². The van der Waals surface area contributed by atoms with Crippen molar-refractivity contribution in [3.8, 4) is 11.3 Å². The lowest BCUT2D eigenvalue weighted by Crippen LogP contribution is -2.39. The number of aromatic nitrogens is 3. The molecular formula is C24H29N5O5S. The van der Waals surface area contributed by atoms with Crippen molar-refractivity contribution in [2.75, 3.05) is 57.1 Å². The minimum absolute atomic E-state index is 0.0600. The smallest absolute Gasteiger partial charge is 0.264 e. The molecule has 1 aromatic carbocycles. The zero-order chi connectivity index (χ0) is 24.4. The highest BCUT2D eigenvalue weighted by molar-refractivity contribution is 7.91. The molecule has 186 valence electrons. The van der Waals surface area contributed by atoms with E-state index in [2.05, 4.69) is 15.2 Å². The number of nitrogens with zero attached hydrogens (tertiary/aromatic N) is 4. The van der Waals surface area contributed by atoms with E-state index in [9.17, 15) is 13.2 Å². The van der Waals surface area contributed by atoms with E-state index in [1.54, 1.807) is 37.4 Å². The molecule has 0 saturated carbocycles. The Balaban J connectivity index is 1.42. The van der Waals surface area contributed by atoms with Crippen molar-refractivity contribution < 1.29 is 17.9 Å². The van der Waals surface area contributed by atoms with E-state index in [4.69, 9.17) is 14.5 Å². The molecule has 35 heavy (non-hydrogen) atoms. The summed E-state index contributed by atoms with van der Waals surface area (Å²) in [6.45, 7) is 4.47. The molecule has 5 rings (SSSR count). The predicted molar refractivity (Wildman–Crippen MR) is 132 cm³/mol. The number of ether oxygens (including phenoxy) is 2. The van der Waals surface area contributed by atoms with E-state index in [-0.39, 0.29) is 22.2 Å². The van der Waals surface area contributed by atoms with Gasteiger partial charge in [-0.1, -0.05) is 12.1 Å². The number of hydrogen-bond donors (Lipinski definition) is 1. The van der Waals surface area contributed by atoms with Crippen LogP contribution in [0.15, 0.2) is 46.3 Å². The Morgan fingerprint density at radius 3 is 2.60 bits per heavy atom. The highest BCUT2D eigenvalue weighted by Gasteiger charge is 2.21. The molecule has 0 bridgehead atoms. The fourth-order valence-corrected chi connectivity index (χ4v) is 5.63. The molecule has 4 heterocycles. The number of hydrogen-bond acceptors (Lipinski definition) is 9. The van der Waals surface area contributed by atoms with Gasteiger partial charge in [0.2, 0.25) is 0 Å². The van der Waals surface area contributed by atoms with Gasteiger partial charge in [0.05, 0.1) is 54.0 Å². The maximum atomic E-state index is 12.9. The lowest BCUT2D eigenvalue weighted by Gasteiger charge is -2.26. The zero-order valence-corrected chi connectivity index (χ0v) is 20.5. The van der Waals surface area contributed by atoms with Crippen LogP contribution in [-0.4, -0.2) is 85.7 Å². The van der Waals surface area contributed by atoms with Crippen molar-refractivity contribution in [3.63, 3.8) is 0 Å². The lowest BCUT2D eigenvalue weighted by molar-refractivity contribution is 0.0408. The number of pyridine rings is 1. The third kappa shape index (κ3) is 5.22. The second-order valence-corrected chi connectivity index (χ2v) is 11.0. The molecule has 1 unspecified atom stereocenters. The molecule has 2 fully saturated rings. The molecular weight excluding hydrogens is 470 g/mol. The largest absolute Gasteiger partial charge is 0.379 e. The lowest BCUT2D eigenvalue weighted by atomic mass is 10.1. The van der Waals surface area contributed by atoms with Crippen LogP contribution in [0.25, 0.3) is 22.2 Å². The molecule has 0 radical (unpaired) electrons. The van der Waals surface area contributed by atoms with E-state index in [0.717, 1.165) is 25.1 Å². The average Bonchev–Trinajstić information content (AvgIpc) is 3.39. The number of rotatable bonds is 7. The second kappa shape index (κ2) is 10.0. The number of anilines is 1. The molecule has 0 aliphatic carbocycles. The van der Waals surface area contributed by atoms with Gasteiger partial charge in [-0.05, 0) is 24.6 Å². The van der Waals surface area contributed by atoms with Crippen molar-refractivity contribution in [2.45, 2.75) is 17.4 Å². The van der Waals surface area contributed by atoms with Crippen LogP contribution in [0, 0.1) is 0 Å². The van der Waals surface area contributed by atoms with E-state index in [0.29, 0.717) is 55.4 Å². The Labute approximate surface area is 203 Å². The molecule has 0 spiro atoms. The van der Waals surface area contributed by atoms with Gasteiger partial charge in [0.25, 0.3) is 5.56 Å². The molecule has 2 aliphatic rings. The first-order valence-electron chi connectivity index (χ1n) is 11.7. The summed E-state index contributed by atoms with van der Waals surface area (Å²) in [6, 6.07) is 8.55. The van der Waals surface area contributed by atoms with Crippen LogP contribution in [0.2, 0.25) is 0 Å². The first-order chi connectivity index (χ1) is 16.9. The summed E-state index contributed by atoms with van der Waals surface area (Å²) in [6.07, 6.45) is 2.31. The quantitative estimate of drug-likeness (QED) is 0.514. The predicted octanol–water partition coefficient (Wildman–Crippen LogP) is 1.30. The van der Waals surface area contributed by atoms with Crippen LogP contribution < -0.4 is 10.9 Å². The molecule has 0 amide bonds. The minimum Gasteiger partial charge on any atom is -0.379 e. The summed E-state index contributed by atoms with van der Waals surface area (Å²) in [5.41, 5.74) is 1.70. The minimum atomic E-state index is -3.41. The third-order valence-electron chi connectivity index (χ3n) is 6.46. The van der Waals surface area contributed by atoms with Crippen molar-refractivity contribution in [2.24, 2.45) is 7.05 Å². The van der Waals surface area contributed by atoms with Crippen molar-refractivity contribution in [3.05, 3.63) is 47.0 Å². The number of aryl methyl sites for hydroxylation is 1. The van der Waals surface area contributed by atoms with Crippen LogP contribution in [0.3, 0.4) is 0 Å². The summed E-state index contributed by atoms with van der Waals surface area (Å²) < 4.78 is 38.0. The first kappa shape index (κ1) is 23.9. The van der Waals surface area contributed by atoms with Crippen LogP contribution >= 0.6 is 0 Å². The summed E-state index contributed by atoms with van der Waals surface area (Å²) in [4.78, 5) is 24.4. The van der Waals surface area contributed by atoms with Crippen LogP contribution in [0.5, 0.6) is 0 Å². The third-order valence-corrected chi connectivity index (χ3v) is 8.17. The maximum absolute atomic E-state index is 12.9. The highest BCUT2D eigenvalue weighted by Crippen LogP contribution is 2.27. The molecule has 11 heteroatoms. The van der Waals surface area contributed by atoms with Crippen molar-refractivity contribution in [1.82, 2.24) is 19.4 Å². The van der Waals surface area contributed by atoms with Gasteiger partial charge in [0.15, 0.2) is 9.84 Å². The van der Waals surface area contributed by atoms with Gasteiger partial charge in [0, 0.05) is 38.9 Å². The van der Waals surface area contributed by atoms with E-state index in [1.807, 2.05) is 0 Å². The van der Waals surface area contributed by atoms with Crippen LogP contribution in [0.1, 0.15) is 6.42 Å². The normalized spacial score (nSPS) is 19.3. The number of nitrogens with one attached hydrogen (secondary N) is 1. The fourth-order valence-electron chi connectivity index (χ4n) is 4.34. The summed E-state index contributed by atoms with van der Waals surface area (Å²) >= 11 is 0. The van der Waals surface area contributed by atoms with Gasteiger partial charge in [-0.15, -0.1) is 0 Å². The fraction of sp³-hybridized carbons (Fsp3) is 0.458. The summed E-state index contributed by atoms with van der Waals surface area (Å²) in [7, 11) is -1.76. The molecule has 2 saturated heterocycles. The first-order valence-corrected chi connectivity index (χ1v) is 13.4. The van der Waals surface area contributed by atoms with Gasteiger partial charge in [-0.2, -0.15) is 0 Å². The SMILES string of the molecule is Cn1cnc2cc(-c3ccc(S(=O)(=O)CCN4CCOCC4)cc3)nc(NC3CCOC3)c2c1=O. The Morgan fingerprint density at radius 1 is 1.11 bits per heavy atom. The maximum Gasteiger partial charge on any atom is 0.264 e. The average molecular weight is 500 g/mol. The molecule has 3 aromatic rings. The van der Waals surface area contributed by atoms with Crippen LogP contribution in [-0.2, 0) is 26.4 Å². The second-order valence-electron chi connectivity index (χ2n) is 8.91. The molecule has 2 aromatic heterocycles. The summed E-state index contributed by atoms with van der Waals surface area (Å²) in [5, 5.41) is 3.77. The monoisotopic (exact) mass is 499 g/mol. The topological polar surface area (TPSA) is 116 Å². The standard InChI is InChI=1S/C24H29N5O5S/c1-28-16-25-21-14-20(27-23(22(21)24(28)30)26-18-6-10-34-15-18)17-2-4-19(5-3-17)35(31,32)13-9-29-7-11-33-12-8-29/h2-5,14,16,18H,6-13,15H2,1H3,(H,26,27). The van der Waals surface area contributed by atoms with E-state index >= 15 is 0 Å². The molecule has 1 N–H and O–H groups in total. The molecule has 10 nitrogen and oxygen atoms in total. The number of morpholine rings is 1. The Bertz CT molecular complexity index is 1360. The van der Waals surface area contributed by atoms with E-state index in [1.165, 1.54) is 10.9 Å². The van der Waals surface area contributed by atoms with Crippen molar-refractivity contribution in [1.29, 1.82) is 0 Å². The summed E-state index contributed by atoms with van der Waals surface area (Å²) in [5.74, 6) is 0.523. The zero-order valence-electron chi connectivity index (χ0n) is 19.6. The van der Waals surface area contributed by atoms with Gasteiger partial charge < -0.3 is 19.4 Å². The highest BCUT2D eigenvalue weighted by atomic mass is 32.2. The van der Waals surface area contributed by atoms with Gasteiger partial charge in [-0.3, -0.25) is 9.69 Å². The molecule has 1 atom stereocenters. The van der Waals surface area contributed by atoms with Gasteiger partial charge in [-0.25, -0.2) is 18.4 Å². The Morgan fingerprint density at radius 2 is 1.89 bits per heavy atom. The number of sulfone groups is 1.